The number of aliphatic imine (C=N–C) groups is 1. The molecule has 1 aromatic carbocycles. The normalized spacial score (nSPS) is 25.7. The molecule has 5 heteroatoms. The van der Waals surface area contributed by atoms with Crippen LogP contribution in [-0.4, -0.2) is 33.1 Å². The second-order valence-corrected chi connectivity index (χ2v) is 7.98. The van der Waals surface area contributed by atoms with Crippen molar-refractivity contribution in [2.45, 2.75) is 36.4 Å². The Hall–Kier alpha value is -1.46. The Kier molecular flexibility index (Phi) is 4.55. The van der Waals surface area contributed by atoms with Gasteiger partial charge in [0.1, 0.15) is 6.04 Å². The minimum Gasteiger partial charge on any atom is -0.338 e. The number of thioether (sulfide) groups is 2. The van der Waals surface area contributed by atoms with E-state index < -0.39 is 0 Å². The molecular weight excluding hydrogens is 334 g/mol. The minimum atomic E-state index is 0.0863. The maximum absolute atomic E-state index is 5.06. The first-order valence-corrected chi connectivity index (χ1v) is 10.6. The number of rotatable bonds is 4. The third kappa shape index (κ3) is 2.74. The lowest BCUT2D eigenvalue weighted by atomic mass is 9.95. The Morgan fingerprint density at radius 2 is 2.04 bits per heavy atom. The highest BCUT2D eigenvalue weighted by atomic mass is 32.2. The number of hydrogen-bond acceptors (Lipinski definition) is 5. The summed E-state index contributed by atoms with van der Waals surface area (Å²) in [7, 11) is 0. The van der Waals surface area contributed by atoms with Crippen LogP contribution < -0.4 is 0 Å². The van der Waals surface area contributed by atoms with Crippen LogP contribution in [0.2, 0.25) is 0 Å². The fourth-order valence-electron chi connectivity index (χ4n) is 3.51. The van der Waals surface area contributed by atoms with Gasteiger partial charge in [-0.1, -0.05) is 36.9 Å². The fraction of sp³-hybridized carbons (Fsp3) is 0.368. The van der Waals surface area contributed by atoms with Gasteiger partial charge in [0.2, 0.25) is 0 Å². The van der Waals surface area contributed by atoms with Crippen LogP contribution >= 0.6 is 23.5 Å². The molecule has 0 saturated carbocycles. The van der Waals surface area contributed by atoms with Gasteiger partial charge in [-0.3, -0.25) is 9.98 Å². The number of nitrogens with zero attached hydrogens (tertiary/aromatic N) is 3. The van der Waals surface area contributed by atoms with Crippen LogP contribution in [-0.2, 0) is 0 Å². The second kappa shape index (κ2) is 6.81. The van der Waals surface area contributed by atoms with E-state index in [1.165, 1.54) is 15.6 Å². The molecule has 0 unspecified atom stereocenters. The van der Waals surface area contributed by atoms with Gasteiger partial charge in [0.25, 0.3) is 0 Å². The third-order valence-electron chi connectivity index (χ3n) is 4.79. The Morgan fingerprint density at radius 3 is 2.71 bits per heavy atom. The number of fused-ring (bicyclic) bond motifs is 1. The molecule has 124 valence electrons. The van der Waals surface area contributed by atoms with E-state index in [0.717, 1.165) is 17.9 Å². The van der Waals surface area contributed by atoms with Gasteiger partial charge in [0.15, 0.2) is 5.17 Å². The van der Waals surface area contributed by atoms with Crippen molar-refractivity contribution in [1.29, 1.82) is 0 Å². The summed E-state index contributed by atoms with van der Waals surface area (Å²) in [5.41, 5.74) is 2.40. The number of aromatic nitrogens is 1. The van der Waals surface area contributed by atoms with Crippen molar-refractivity contribution in [3.63, 3.8) is 0 Å². The number of hydrogen-bond donors (Lipinski definition) is 0. The molecule has 0 N–H and O–H groups in total. The monoisotopic (exact) mass is 355 g/mol. The highest BCUT2D eigenvalue weighted by Gasteiger charge is 2.45. The molecule has 0 amide bonds. The van der Waals surface area contributed by atoms with E-state index in [9.17, 15) is 0 Å². The molecule has 3 heterocycles. The summed E-state index contributed by atoms with van der Waals surface area (Å²) in [5.74, 6) is 1.14. The maximum Gasteiger partial charge on any atom is 0.160 e. The Labute approximate surface area is 152 Å². The van der Waals surface area contributed by atoms with Crippen molar-refractivity contribution in [1.82, 2.24) is 9.88 Å². The predicted octanol–water partition coefficient (Wildman–Crippen LogP) is 4.78. The summed E-state index contributed by atoms with van der Waals surface area (Å²) < 4.78 is 0. The molecule has 1 saturated heterocycles. The molecular formula is C19H21N3S2. The van der Waals surface area contributed by atoms with E-state index in [1.54, 1.807) is 11.8 Å². The SMILES string of the molecule is CC[C@H]1CSC2=N[C@H](c3ccccn3)[C@@H](c3ccc(SC)cc3)N21. The number of benzene rings is 1. The largest absolute Gasteiger partial charge is 0.338 e. The van der Waals surface area contributed by atoms with E-state index in [2.05, 4.69) is 59.5 Å². The van der Waals surface area contributed by atoms with E-state index >= 15 is 0 Å². The van der Waals surface area contributed by atoms with Crippen LogP contribution in [0, 0.1) is 0 Å². The van der Waals surface area contributed by atoms with Crippen LogP contribution in [0.25, 0.3) is 0 Å². The van der Waals surface area contributed by atoms with Gasteiger partial charge in [-0.15, -0.1) is 11.8 Å². The fourth-order valence-corrected chi connectivity index (χ4v) is 5.26. The van der Waals surface area contributed by atoms with Crippen LogP contribution in [0.1, 0.15) is 36.7 Å². The molecule has 4 rings (SSSR count). The summed E-state index contributed by atoms with van der Waals surface area (Å²) >= 11 is 3.68. The molecule has 2 aliphatic heterocycles. The molecule has 1 fully saturated rings. The van der Waals surface area contributed by atoms with E-state index in [1.807, 2.05) is 24.0 Å². The first-order chi connectivity index (χ1) is 11.8. The standard InChI is InChI=1S/C19H21N3S2/c1-3-14-12-24-19-21-17(16-6-4-5-11-20-16)18(22(14)19)13-7-9-15(23-2)10-8-13/h4-11,14,17-18H,3,12H2,1-2H3/t14-,17+,18+/m0/s1. The van der Waals surface area contributed by atoms with Crippen molar-refractivity contribution in [3.05, 3.63) is 59.9 Å². The van der Waals surface area contributed by atoms with E-state index in [0.29, 0.717) is 6.04 Å². The van der Waals surface area contributed by atoms with Gasteiger partial charge in [-0.25, -0.2) is 0 Å². The molecule has 1 aromatic heterocycles. The zero-order valence-corrected chi connectivity index (χ0v) is 15.6. The van der Waals surface area contributed by atoms with Crippen molar-refractivity contribution < 1.29 is 0 Å². The van der Waals surface area contributed by atoms with Gasteiger partial charge in [-0.05, 0) is 42.5 Å². The Morgan fingerprint density at radius 1 is 1.21 bits per heavy atom. The van der Waals surface area contributed by atoms with Gasteiger partial charge >= 0.3 is 0 Å². The Bertz CT molecular complexity index is 730. The zero-order valence-electron chi connectivity index (χ0n) is 13.9. The van der Waals surface area contributed by atoms with Gasteiger partial charge in [0, 0.05) is 22.9 Å². The second-order valence-electron chi connectivity index (χ2n) is 6.11. The summed E-state index contributed by atoms with van der Waals surface area (Å²) in [5, 5.41) is 1.19. The first kappa shape index (κ1) is 16.0. The quantitative estimate of drug-likeness (QED) is 0.738. The number of pyridine rings is 1. The maximum atomic E-state index is 5.06. The molecule has 0 radical (unpaired) electrons. The van der Waals surface area contributed by atoms with Crippen LogP contribution in [0.4, 0.5) is 0 Å². The van der Waals surface area contributed by atoms with E-state index in [-0.39, 0.29) is 12.1 Å². The van der Waals surface area contributed by atoms with Gasteiger partial charge in [0.05, 0.1) is 11.7 Å². The molecule has 0 bridgehead atoms. The van der Waals surface area contributed by atoms with Crippen LogP contribution in [0.15, 0.2) is 58.5 Å². The molecule has 3 atom stereocenters. The number of amidine groups is 1. The van der Waals surface area contributed by atoms with Gasteiger partial charge < -0.3 is 4.90 Å². The average molecular weight is 356 g/mol. The Balaban J connectivity index is 1.76. The summed E-state index contributed by atoms with van der Waals surface area (Å²) in [6, 6.07) is 16.0. The lowest BCUT2D eigenvalue weighted by Crippen LogP contribution is -2.35. The molecule has 0 spiro atoms. The van der Waals surface area contributed by atoms with E-state index in [4.69, 9.17) is 4.99 Å². The van der Waals surface area contributed by atoms with Crippen LogP contribution in [0.5, 0.6) is 0 Å². The van der Waals surface area contributed by atoms with Crippen LogP contribution in [0.3, 0.4) is 0 Å². The highest BCUT2D eigenvalue weighted by molar-refractivity contribution is 8.14. The molecule has 24 heavy (non-hydrogen) atoms. The van der Waals surface area contributed by atoms with Gasteiger partial charge in [-0.2, -0.15) is 0 Å². The average Bonchev–Trinajstić information content (AvgIpc) is 3.21. The van der Waals surface area contributed by atoms with Crippen molar-refractivity contribution >= 4 is 28.7 Å². The smallest absolute Gasteiger partial charge is 0.160 e. The molecule has 2 aliphatic rings. The van der Waals surface area contributed by atoms with Crippen molar-refractivity contribution in [2.75, 3.05) is 12.0 Å². The molecule has 0 aliphatic carbocycles. The van der Waals surface area contributed by atoms with Crippen molar-refractivity contribution in [3.8, 4) is 0 Å². The minimum absolute atomic E-state index is 0.0863. The first-order valence-electron chi connectivity index (χ1n) is 8.35. The lowest BCUT2D eigenvalue weighted by Gasteiger charge is -2.32. The lowest BCUT2D eigenvalue weighted by molar-refractivity contribution is 0.255. The zero-order chi connectivity index (χ0) is 16.5. The highest BCUT2D eigenvalue weighted by Crippen LogP contribution is 2.48. The topological polar surface area (TPSA) is 28.5 Å². The molecule has 3 nitrogen and oxygen atoms in total. The predicted molar refractivity (Wildman–Crippen MR) is 104 cm³/mol. The summed E-state index contributed by atoms with van der Waals surface area (Å²) in [4.78, 5) is 13.5. The summed E-state index contributed by atoms with van der Waals surface area (Å²) in [6.07, 6.45) is 5.14. The summed E-state index contributed by atoms with van der Waals surface area (Å²) in [6.45, 7) is 2.27. The molecule has 2 aromatic rings. The van der Waals surface area contributed by atoms with Crippen molar-refractivity contribution in [2.24, 2.45) is 4.99 Å². The third-order valence-corrected chi connectivity index (χ3v) is 6.66.